The Morgan fingerprint density at radius 2 is 1.81 bits per heavy atom. The van der Waals surface area contributed by atoms with Crippen LogP contribution in [0.4, 0.5) is 0 Å². The largest absolute Gasteiger partial charge is 0.497 e. The molecule has 2 aliphatic rings. The Kier molecular flexibility index (Phi) is 6.89. The summed E-state index contributed by atoms with van der Waals surface area (Å²) in [4.78, 5) is 16.8. The molecule has 0 aromatic heterocycles. The van der Waals surface area contributed by atoms with Crippen LogP contribution in [0.25, 0.3) is 0 Å². The number of hydrogen-bond acceptors (Lipinski definition) is 5. The molecular formula is C26H34N2O4. The summed E-state index contributed by atoms with van der Waals surface area (Å²) in [7, 11) is 1.69. The summed E-state index contributed by atoms with van der Waals surface area (Å²) in [5.74, 6) is 2.56. The Morgan fingerprint density at radius 1 is 1.06 bits per heavy atom. The van der Waals surface area contributed by atoms with Crippen molar-refractivity contribution in [2.75, 3.05) is 46.4 Å². The van der Waals surface area contributed by atoms with E-state index in [1.54, 1.807) is 7.11 Å². The van der Waals surface area contributed by atoms with Gasteiger partial charge in [0.15, 0.2) is 6.61 Å². The van der Waals surface area contributed by atoms with Crippen molar-refractivity contribution < 1.29 is 19.0 Å². The number of ether oxygens (including phenoxy) is 3. The molecule has 4 rings (SSSR count). The maximum absolute atomic E-state index is 12.5. The van der Waals surface area contributed by atoms with Crippen LogP contribution in [0.15, 0.2) is 48.5 Å². The van der Waals surface area contributed by atoms with E-state index in [1.807, 2.05) is 47.4 Å². The lowest BCUT2D eigenvalue weighted by atomic mass is 9.77. The molecular weight excluding hydrogens is 404 g/mol. The van der Waals surface area contributed by atoms with Gasteiger partial charge in [0.05, 0.1) is 7.11 Å². The summed E-state index contributed by atoms with van der Waals surface area (Å²) in [5.41, 5.74) is 1.33. The molecule has 2 aromatic carbocycles. The van der Waals surface area contributed by atoms with Gasteiger partial charge < -0.3 is 19.1 Å². The first kappa shape index (κ1) is 22.5. The van der Waals surface area contributed by atoms with Crippen LogP contribution in [0.3, 0.4) is 0 Å². The van der Waals surface area contributed by atoms with Gasteiger partial charge in [-0.1, -0.05) is 38.1 Å². The third kappa shape index (κ3) is 5.36. The van der Waals surface area contributed by atoms with Gasteiger partial charge in [0.1, 0.15) is 23.4 Å². The zero-order valence-corrected chi connectivity index (χ0v) is 19.4. The molecule has 0 bridgehead atoms. The number of carbonyl (C=O) groups is 1. The Labute approximate surface area is 191 Å². The molecule has 2 aliphatic heterocycles. The highest BCUT2D eigenvalue weighted by molar-refractivity contribution is 5.77. The lowest BCUT2D eigenvalue weighted by Crippen LogP contribution is -2.50. The topological polar surface area (TPSA) is 51.2 Å². The first-order chi connectivity index (χ1) is 15.4. The number of nitrogens with zero attached hydrogens (tertiary/aromatic N) is 2. The SMILES string of the molecule is COc1ccc2c(c1)OC(CCN1CCN(C(=O)COc3ccccc3)CC1)CC2(C)C. The molecule has 2 aromatic rings. The molecule has 172 valence electrons. The second-order valence-electron chi connectivity index (χ2n) is 9.30. The molecule has 0 N–H and O–H groups in total. The van der Waals surface area contributed by atoms with E-state index in [-0.39, 0.29) is 24.0 Å². The highest BCUT2D eigenvalue weighted by Crippen LogP contribution is 2.42. The van der Waals surface area contributed by atoms with E-state index in [9.17, 15) is 4.79 Å². The van der Waals surface area contributed by atoms with Crippen molar-refractivity contribution in [3.8, 4) is 17.2 Å². The van der Waals surface area contributed by atoms with E-state index in [2.05, 4.69) is 24.8 Å². The Hall–Kier alpha value is -2.73. The predicted molar refractivity (Wildman–Crippen MR) is 125 cm³/mol. The van der Waals surface area contributed by atoms with Crippen LogP contribution in [0.1, 0.15) is 32.3 Å². The highest BCUT2D eigenvalue weighted by atomic mass is 16.5. The smallest absolute Gasteiger partial charge is 0.260 e. The van der Waals surface area contributed by atoms with Gasteiger partial charge in [0.2, 0.25) is 0 Å². The molecule has 1 saturated heterocycles. The van der Waals surface area contributed by atoms with Crippen molar-refractivity contribution in [2.45, 2.75) is 38.2 Å². The van der Waals surface area contributed by atoms with Crippen LogP contribution in [0, 0.1) is 0 Å². The van der Waals surface area contributed by atoms with Crippen molar-refractivity contribution in [2.24, 2.45) is 0 Å². The summed E-state index contributed by atoms with van der Waals surface area (Å²) < 4.78 is 17.3. The molecule has 1 amide bonds. The standard InChI is InChI=1S/C26H34N2O4/c1-26(2)18-22(32-24-17-21(30-3)9-10-23(24)26)11-12-27-13-15-28(16-14-27)25(29)19-31-20-7-5-4-6-8-20/h4-10,17,22H,11-16,18-19H2,1-3H3. The average Bonchev–Trinajstić information content (AvgIpc) is 2.81. The van der Waals surface area contributed by atoms with Crippen LogP contribution < -0.4 is 14.2 Å². The Balaban J connectivity index is 1.23. The number of hydrogen-bond donors (Lipinski definition) is 0. The molecule has 1 atom stereocenters. The van der Waals surface area contributed by atoms with Crippen LogP contribution in [0.5, 0.6) is 17.2 Å². The van der Waals surface area contributed by atoms with Gasteiger partial charge in [0, 0.05) is 44.4 Å². The number of fused-ring (bicyclic) bond motifs is 1. The summed E-state index contributed by atoms with van der Waals surface area (Å²) >= 11 is 0. The zero-order valence-electron chi connectivity index (χ0n) is 19.4. The number of amides is 1. The van der Waals surface area contributed by atoms with E-state index in [0.717, 1.165) is 62.8 Å². The number of piperazine rings is 1. The first-order valence-electron chi connectivity index (χ1n) is 11.5. The van der Waals surface area contributed by atoms with E-state index in [4.69, 9.17) is 14.2 Å². The van der Waals surface area contributed by atoms with E-state index in [0.29, 0.717) is 0 Å². The Morgan fingerprint density at radius 3 is 2.53 bits per heavy atom. The molecule has 0 aliphatic carbocycles. The summed E-state index contributed by atoms with van der Waals surface area (Å²) in [6.07, 6.45) is 2.16. The predicted octanol–water partition coefficient (Wildman–Crippen LogP) is 3.74. The molecule has 0 saturated carbocycles. The molecule has 2 heterocycles. The van der Waals surface area contributed by atoms with Crippen LogP contribution in [-0.4, -0.2) is 68.3 Å². The molecule has 32 heavy (non-hydrogen) atoms. The molecule has 6 heteroatoms. The fourth-order valence-corrected chi connectivity index (χ4v) is 4.65. The minimum Gasteiger partial charge on any atom is -0.497 e. The fraction of sp³-hybridized carbons (Fsp3) is 0.500. The van der Waals surface area contributed by atoms with Crippen molar-refractivity contribution in [1.29, 1.82) is 0 Å². The van der Waals surface area contributed by atoms with E-state index < -0.39 is 0 Å². The van der Waals surface area contributed by atoms with Crippen LogP contribution in [0.2, 0.25) is 0 Å². The third-order valence-corrected chi connectivity index (χ3v) is 6.55. The maximum Gasteiger partial charge on any atom is 0.260 e. The quantitative estimate of drug-likeness (QED) is 0.659. The third-order valence-electron chi connectivity index (χ3n) is 6.55. The van der Waals surface area contributed by atoms with Gasteiger partial charge in [-0.25, -0.2) is 0 Å². The number of para-hydroxylation sites is 1. The molecule has 0 spiro atoms. The number of rotatable bonds is 7. The van der Waals surface area contributed by atoms with Crippen molar-refractivity contribution in [3.63, 3.8) is 0 Å². The monoisotopic (exact) mass is 438 g/mol. The number of benzene rings is 2. The lowest BCUT2D eigenvalue weighted by Gasteiger charge is -2.39. The first-order valence-corrected chi connectivity index (χ1v) is 11.5. The molecule has 6 nitrogen and oxygen atoms in total. The summed E-state index contributed by atoms with van der Waals surface area (Å²) in [6.45, 7) is 8.91. The van der Waals surface area contributed by atoms with Crippen LogP contribution >= 0.6 is 0 Å². The Bertz CT molecular complexity index is 907. The number of methoxy groups -OCH3 is 1. The van der Waals surface area contributed by atoms with Crippen molar-refractivity contribution in [3.05, 3.63) is 54.1 Å². The second-order valence-corrected chi connectivity index (χ2v) is 9.30. The summed E-state index contributed by atoms with van der Waals surface area (Å²) in [6, 6.07) is 15.6. The normalized spacial score (nSPS) is 20.2. The van der Waals surface area contributed by atoms with Gasteiger partial charge in [0.25, 0.3) is 5.91 Å². The maximum atomic E-state index is 12.5. The average molecular weight is 439 g/mol. The summed E-state index contributed by atoms with van der Waals surface area (Å²) in [5, 5.41) is 0. The molecule has 0 radical (unpaired) electrons. The minimum atomic E-state index is 0.0522. The van der Waals surface area contributed by atoms with Gasteiger partial charge in [-0.3, -0.25) is 9.69 Å². The second kappa shape index (κ2) is 9.82. The van der Waals surface area contributed by atoms with E-state index in [1.165, 1.54) is 5.56 Å². The highest BCUT2D eigenvalue weighted by Gasteiger charge is 2.35. The fourth-order valence-electron chi connectivity index (χ4n) is 4.65. The van der Waals surface area contributed by atoms with Crippen molar-refractivity contribution in [1.82, 2.24) is 9.80 Å². The lowest BCUT2D eigenvalue weighted by molar-refractivity contribution is -0.135. The number of carbonyl (C=O) groups excluding carboxylic acids is 1. The van der Waals surface area contributed by atoms with Crippen LogP contribution in [-0.2, 0) is 10.2 Å². The van der Waals surface area contributed by atoms with E-state index >= 15 is 0 Å². The minimum absolute atomic E-state index is 0.0522. The molecule has 1 fully saturated rings. The molecule has 1 unspecified atom stereocenters. The van der Waals surface area contributed by atoms with Crippen molar-refractivity contribution >= 4 is 5.91 Å². The van der Waals surface area contributed by atoms with Gasteiger partial charge in [-0.15, -0.1) is 0 Å². The van der Waals surface area contributed by atoms with Gasteiger partial charge >= 0.3 is 0 Å². The zero-order chi connectivity index (χ0) is 22.6. The van der Waals surface area contributed by atoms with Gasteiger partial charge in [-0.05, 0) is 36.5 Å². The van der Waals surface area contributed by atoms with Gasteiger partial charge in [-0.2, -0.15) is 0 Å².